The lowest BCUT2D eigenvalue weighted by molar-refractivity contribution is -0.142. The van der Waals surface area contributed by atoms with E-state index in [0.29, 0.717) is 13.0 Å². The van der Waals surface area contributed by atoms with E-state index in [1.165, 1.54) is 0 Å². The van der Waals surface area contributed by atoms with Gasteiger partial charge in [0.05, 0.1) is 13.0 Å². The summed E-state index contributed by atoms with van der Waals surface area (Å²) < 4.78 is 4.83. The molecular weight excluding hydrogens is 192 g/mol. The number of hydrogen-bond donors (Lipinski definition) is 0. The molecule has 0 N–H and O–H groups in total. The second kappa shape index (κ2) is 5.96. The molecule has 0 fully saturated rings. The Balaban J connectivity index is 2.56. The first-order valence-electron chi connectivity index (χ1n) is 4.93. The van der Waals surface area contributed by atoms with E-state index in [1.807, 2.05) is 24.3 Å². The number of ether oxygens (including phenoxy) is 1. The Morgan fingerprint density at radius 1 is 1.27 bits per heavy atom. The quantitative estimate of drug-likeness (QED) is 0.542. The first kappa shape index (κ1) is 11.4. The molecule has 0 saturated carbocycles. The molecule has 15 heavy (non-hydrogen) atoms. The average molecular weight is 206 g/mol. The minimum Gasteiger partial charge on any atom is -0.466 e. The van der Waals surface area contributed by atoms with Gasteiger partial charge in [0.1, 0.15) is 6.29 Å². The van der Waals surface area contributed by atoms with Gasteiger partial charge < -0.3 is 9.53 Å². The number of rotatable bonds is 5. The van der Waals surface area contributed by atoms with Crippen LogP contribution < -0.4 is 0 Å². The van der Waals surface area contributed by atoms with Crippen molar-refractivity contribution in [3.05, 3.63) is 35.4 Å². The molecular formula is C12H14O3. The Bertz CT molecular complexity index is 327. The molecule has 80 valence electrons. The first-order chi connectivity index (χ1) is 7.26. The van der Waals surface area contributed by atoms with Crippen molar-refractivity contribution < 1.29 is 14.3 Å². The van der Waals surface area contributed by atoms with Crippen LogP contribution >= 0.6 is 0 Å². The smallest absolute Gasteiger partial charge is 0.310 e. The van der Waals surface area contributed by atoms with Crippen molar-refractivity contribution in [2.75, 3.05) is 6.61 Å². The van der Waals surface area contributed by atoms with Crippen molar-refractivity contribution in [2.24, 2.45) is 0 Å². The molecule has 3 heteroatoms. The highest BCUT2D eigenvalue weighted by Gasteiger charge is 2.03. The number of carbonyl (C=O) groups excluding carboxylic acids is 2. The number of hydrogen-bond acceptors (Lipinski definition) is 3. The van der Waals surface area contributed by atoms with Gasteiger partial charge in [-0.25, -0.2) is 0 Å². The maximum atomic E-state index is 11.1. The monoisotopic (exact) mass is 206 g/mol. The summed E-state index contributed by atoms with van der Waals surface area (Å²) in [7, 11) is 0. The summed E-state index contributed by atoms with van der Waals surface area (Å²) in [5.74, 6) is -0.222. The second-order valence-corrected chi connectivity index (χ2v) is 3.17. The van der Waals surface area contributed by atoms with Gasteiger partial charge in [0.2, 0.25) is 0 Å². The lowest BCUT2D eigenvalue weighted by Crippen LogP contribution is -2.07. The van der Waals surface area contributed by atoms with Crippen molar-refractivity contribution in [1.29, 1.82) is 0 Å². The number of aldehydes is 1. The topological polar surface area (TPSA) is 43.4 Å². The molecule has 0 aliphatic carbocycles. The van der Waals surface area contributed by atoms with Gasteiger partial charge in [-0.3, -0.25) is 4.79 Å². The van der Waals surface area contributed by atoms with Crippen LogP contribution in [0.4, 0.5) is 0 Å². The largest absolute Gasteiger partial charge is 0.466 e. The maximum Gasteiger partial charge on any atom is 0.310 e. The third-order valence-electron chi connectivity index (χ3n) is 2.00. The van der Waals surface area contributed by atoms with Gasteiger partial charge in [0.15, 0.2) is 0 Å². The molecule has 1 rings (SSSR count). The molecule has 0 atom stereocenters. The number of esters is 1. The molecule has 0 saturated heterocycles. The van der Waals surface area contributed by atoms with Gasteiger partial charge in [-0.05, 0) is 18.1 Å². The highest BCUT2D eigenvalue weighted by atomic mass is 16.5. The van der Waals surface area contributed by atoms with Crippen LogP contribution in [0.3, 0.4) is 0 Å². The zero-order valence-electron chi connectivity index (χ0n) is 8.73. The predicted octanol–water partition coefficient (Wildman–Crippen LogP) is 1.53. The van der Waals surface area contributed by atoms with E-state index in [9.17, 15) is 9.59 Å². The third kappa shape index (κ3) is 3.94. The molecule has 0 aliphatic rings. The molecule has 0 unspecified atom stereocenters. The predicted molar refractivity (Wildman–Crippen MR) is 56.5 cm³/mol. The van der Waals surface area contributed by atoms with Crippen molar-refractivity contribution in [3.8, 4) is 0 Å². The second-order valence-electron chi connectivity index (χ2n) is 3.17. The third-order valence-corrected chi connectivity index (χ3v) is 2.00. The highest BCUT2D eigenvalue weighted by Crippen LogP contribution is 2.05. The maximum absolute atomic E-state index is 11.1. The fraction of sp³-hybridized carbons (Fsp3) is 0.333. The minimum atomic E-state index is -0.222. The molecule has 3 nitrogen and oxygen atoms in total. The molecule has 0 radical (unpaired) electrons. The molecule has 0 amide bonds. The molecule has 0 spiro atoms. The van der Waals surface area contributed by atoms with Crippen LogP contribution in [0.15, 0.2) is 24.3 Å². The van der Waals surface area contributed by atoms with E-state index in [2.05, 4.69) is 0 Å². The van der Waals surface area contributed by atoms with Crippen molar-refractivity contribution >= 4 is 12.3 Å². The Hall–Kier alpha value is -1.64. The normalized spacial score (nSPS) is 9.67. The summed E-state index contributed by atoms with van der Waals surface area (Å²) in [6.07, 6.45) is 1.56. The van der Waals surface area contributed by atoms with Crippen LogP contribution in [-0.4, -0.2) is 18.9 Å². The zero-order chi connectivity index (χ0) is 11.1. The van der Waals surface area contributed by atoms with Crippen LogP contribution in [-0.2, 0) is 27.2 Å². The summed E-state index contributed by atoms with van der Waals surface area (Å²) in [5, 5.41) is 0. The molecule has 0 aromatic heterocycles. The average Bonchev–Trinajstić information content (AvgIpc) is 2.22. The molecule has 1 aromatic carbocycles. The summed E-state index contributed by atoms with van der Waals surface area (Å²) >= 11 is 0. The van der Waals surface area contributed by atoms with Gasteiger partial charge in [0, 0.05) is 6.42 Å². The van der Waals surface area contributed by atoms with E-state index in [1.54, 1.807) is 6.92 Å². The van der Waals surface area contributed by atoms with Crippen LogP contribution in [0.5, 0.6) is 0 Å². The van der Waals surface area contributed by atoms with Crippen LogP contribution in [0, 0.1) is 0 Å². The first-order valence-corrected chi connectivity index (χ1v) is 4.93. The van der Waals surface area contributed by atoms with Crippen molar-refractivity contribution in [2.45, 2.75) is 19.8 Å². The number of carbonyl (C=O) groups is 2. The highest BCUT2D eigenvalue weighted by molar-refractivity contribution is 5.72. The van der Waals surface area contributed by atoms with Crippen LogP contribution in [0.2, 0.25) is 0 Å². The molecule has 0 aliphatic heterocycles. The lowest BCUT2D eigenvalue weighted by Gasteiger charge is -2.02. The fourth-order valence-electron chi connectivity index (χ4n) is 1.27. The van der Waals surface area contributed by atoms with Gasteiger partial charge >= 0.3 is 5.97 Å². The van der Waals surface area contributed by atoms with E-state index >= 15 is 0 Å². The Morgan fingerprint density at radius 3 is 2.40 bits per heavy atom. The van der Waals surface area contributed by atoms with Gasteiger partial charge in [-0.15, -0.1) is 0 Å². The molecule has 1 aromatic rings. The van der Waals surface area contributed by atoms with E-state index in [-0.39, 0.29) is 12.4 Å². The van der Waals surface area contributed by atoms with Crippen molar-refractivity contribution in [1.82, 2.24) is 0 Å². The summed E-state index contributed by atoms with van der Waals surface area (Å²) in [5.41, 5.74) is 1.86. The lowest BCUT2D eigenvalue weighted by atomic mass is 10.1. The van der Waals surface area contributed by atoms with Gasteiger partial charge in [-0.2, -0.15) is 0 Å². The van der Waals surface area contributed by atoms with Crippen molar-refractivity contribution in [3.63, 3.8) is 0 Å². The Labute approximate surface area is 89.1 Å². The Morgan fingerprint density at radius 2 is 1.87 bits per heavy atom. The van der Waals surface area contributed by atoms with E-state index in [0.717, 1.165) is 17.4 Å². The van der Waals surface area contributed by atoms with Crippen LogP contribution in [0.25, 0.3) is 0 Å². The van der Waals surface area contributed by atoms with E-state index in [4.69, 9.17) is 4.74 Å². The van der Waals surface area contributed by atoms with Crippen LogP contribution in [0.1, 0.15) is 18.1 Å². The standard InChI is InChI=1S/C12H14O3/c1-2-15-12(14)9-11-5-3-10(4-6-11)7-8-13/h3-6,8H,2,7,9H2,1H3. The van der Waals surface area contributed by atoms with Gasteiger partial charge in [0.25, 0.3) is 0 Å². The Kier molecular flexibility index (Phi) is 4.54. The SMILES string of the molecule is CCOC(=O)Cc1ccc(CC=O)cc1. The summed E-state index contributed by atoms with van der Waals surface area (Å²) in [6, 6.07) is 7.39. The molecule has 0 bridgehead atoms. The fourth-order valence-corrected chi connectivity index (χ4v) is 1.27. The van der Waals surface area contributed by atoms with Gasteiger partial charge in [-0.1, -0.05) is 24.3 Å². The minimum absolute atomic E-state index is 0.222. The number of benzene rings is 1. The van der Waals surface area contributed by atoms with E-state index < -0.39 is 0 Å². The summed E-state index contributed by atoms with van der Waals surface area (Å²) in [4.78, 5) is 21.4. The zero-order valence-corrected chi connectivity index (χ0v) is 8.73. The summed E-state index contributed by atoms with van der Waals surface area (Å²) in [6.45, 7) is 2.19. The molecule has 0 heterocycles.